The van der Waals surface area contributed by atoms with Crippen molar-refractivity contribution < 1.29 is 4.79 Å². The molecule has 0 radical (unpaired) electrons. The molecule has 0 aliphatic heterocycles. The van der Waals surface area contributed by atoms with E-state index in [9.17, 15) is 4.79 Å². The van der Waals surface area contributed by atoms with Gasteiger partial charge < -0.3 is 4.90 Å². The molecule has 0 aromatic carbocycles. The van der Waals surface area contributed by atoms with Crippen LogP contribution in [0.15, 0.2) is 0 Å². The van der Waals surface area contributed by atoms with Crippen molar-refractivity contribution >= 4 is 5.91 Å². The third-order valence-electron chi connectivity index (χ3n) is 2.90. The average Bonchev–Trinajstić information content (AvgIpc) is 2.97. The zero-order chi connectivity index (χ0) is 12.3. The number of hydrogen-bond acceptors (Lipinski definition) is 2. The van der Waals surface area contributed by atoms with E-state index in [-0.39, 0.29) is 11.8 Å². The van der Waals surface area contributed by atoms with Crippen LogP contribution in [0.25, 0.3) is 0 Å². The largest absolute Gasteiger partial charge is 0.338 e. The van der Waals surface area contributed by atoms with Crippen LogP contribution in [0.3, 0.4) is 0 Å². The number of nitrogens with zero attached hydrogens (tertiary/aromatic N) is 2. The van der Waals surface area contributed by atoms with E-state index in [4.69, 9.17) is 5.26 Å². The quantitative estimate of drug-likeness (QED) is 0.717. The molecule has 1 rings (SSSR count). The van der Waals surface area contributed by atoms with E-state index >= 15 is 0 Å². The Hall–Kier alpha value is -1.04. The van der Waals surface area contributed by atoms with Crippen LogP contribution in [0.2, 0.25) is 0 Å². The second kappa shape index (κ2) is 5.34. The van der Waals surface area contributed by atoms with Gasteiger partial charge >= 0.3 is 0 Å². The first-order chi connectivity index (χ1) is 7.47. The van der Waals surface area contributed by atoms with Crippen LogP contribution >= 0.6 is 0 Å². The molecule has 1 fully saturated rings. The van der Waals surface area contributed by atoms with Gasteiger partial charge in [0.05, 0.1) is 6.07 Å². The first kappa shape index (κ1) is 13.0. The molecular formula is C13H22N2O. The molecule has 3 heteroatoms. The molecule has 1 unspecified atom stereocenters. The van der Waals surface area contributed by atoms with E-state index in [0.29, 0.717) is 12.0 Å². The summed E-state index contributed by atoms with van der Waals surface area (Å²) in [4.78, 5) is 14.2. The number of rotatable bonds is 5. The van der Waals surface area contributed by atoms with Gasteiger partial charge in [-0.25, -0.2) is 0 Å². The van der Waals surface area contributed by atoms with Crippen LogP contribution in [-0.2, 0) is 4.79 Å². The summed E-state index contributed by atoms with van der Waals surface area (Å²) in [6.45, 7) is 8.88. The van der Waals surface area contributed by atoms with Gasteiger partial charge in [-0.15, -0.1) is 0 Å². The highest BCUT2D eigenvalue weighted by molar-refractivity contribution is 5.82. The Labute approximate surface area is 98.4 Å². The van der Waals surface area contributed by atoms with Gasteiger partial charge in [0, 0.05) is 12.6 Å². The Morgan fingerprint density at radius 3 is 2.25 bits per heavy atom. The van der Waals surface area contributed by atoms with Crippen molar-refractivity contribution in [3.63, 3.8) is 0 Å². The summed E-state index contributed by atoms with van der Waals surface area (Å²) >= 11 is 0. The first-order valence-electron chi connectivity index (χ1n) is 6.17. The predicted molar refractivity (Wildman–Crippen MR) is 63.5 cm³/mol. The summed E-state index contributed by atoms with van der Waals surface area (Å²) in [5.41, 5.74) is 0. The third kappa shape index (κ3) is 3.23. The molecule has 0 saturated heterocycles. The SMILES string of the molecule is CC(C)CN(C(=O)C(C#N)C(C)C)C1CC1. The summed E-state index contributed by atoms with van der Waals surface area (Å²) in [5.74, 6) is 0.134. The third-order valence-corrected chi connectivity index (χ3v) is 2.90. The summed E-state index contributed by atoms with van der Waals surface area (Å²) in [6.07, 6.45) is 2.21. The summed E-state index contributed by atoms with van der Waals surface area (Å²) < 4.78 is 0. The predicted octanol–water partition coefficient (Wildman–Crippen LogP) is 2.43. The maximum absolute atomic E-state index is 12.2. The van der Waals surface area contributed by atoms with Gasteiger partial charge in [0.2, 0.25) is 5.91 Å². The summed E-state index contributed by atoms with van der Waals surface area (Å²) in [6, 6.07) is 2.55. The van der Waals surface area contributed by atoms with Gasteiger partial charge in [0.15, 0.2) is 0 Å². The maximum atomic E-state index is 12.2. The highest BCUT2D eigenvalue weighted by Crippen LogP contribution is 2.30. The lowest BCUT2D eigenvalue weighted by Crippen LogP contribution is -2.41. The topological polar surface area (TPSA) is 44.1 Å². The molecule has 3 nitrogen and oxygen atoms in total. The van der Waals surface area contributed by atoms with Crippen molar-refractivity contribution in [2.45, 2.75) is 46.6 Å². The Morgan fingerprint density at radius 2 is 1.94 bits per heavy atom. The molecule has 1 saturated carbocycles. The highest BCUT2D eigenvalue weighted by atomic mass is 16.2. The van der Waals surface area contributed by atoms with Crippen molar-refractivity contribution in [3.8, 4) is 6.07 Å². The fourth-order valence-corrected chi connectivity index (χ4v) is 1.87. The molecule has 1 atom stereocenters. The minimum atomic E-state index is -0.473. The van der Waals surface area contributed by atoms with E-state index in [2.05, 4.69) is 19.9 Å². The van der Waals surface area contributed by atoms with Crippen molar-refractivity contribution in [2.75, 3.05) is 6.54 Å². The second-order valence-electron chi connectivity index (χ2n) is 5.47. The van der Waals surface area contributed by atoms with Crippen LogP contribution in [0.1, 0.15) is 40.5 Å². The van der Waals surface area contributed by atoms with Gasteiger partial charge in [0.1, 0.15) is 5.92 Å². The number of carbonyl (C=O) groups excluding carboxylic acids is 1. The molecule has 0 aromatic heterocycles. The lowest BCUT2D eigenvalue weighted by molar-refractivity contribution is -0.136. The summed E-state index contributed by atoms with van der Waals surface area (Å²) in [7, 11) is 0. The molecule has 0 bridgehead atoms. The Bertz CT molecular complexity index is 287. The number of hydrogen-bond donors (Lipinski definition) is 0. The molecule has 0 aromatic rings. The van der Waals surface area contributed by atoms with Crippen LogP contribution in [0, 0.1) is 29.1 Å². The first-order valence-corrected chi connectivity index (χ1v) is 6.17. The Morgan fingerprint density at radius 1 is 1.38 bits per heavy atom. The average molecular weight is 222 g/mol. The van der Waals surface area contributed by atoms with Gasteiger partial charge in [-0.2, -0.15) is 5.26 Å². The van der Waals surface area contributed by atoms with Crippen LogP contribution in [0.5, 0.6) is 0 Å². The second-order valence-corrected chi connectivity index (χ2v) is 5.47. The zero-order valence-electron chi connectivity index (χ0n) is 10.7. The van der Waals surface area contributed by atoms with E-state index in [1.165, 1.54) is 0 Å². The van der Waals surface area contributed by atoms with Crippen molar-refractivity contribution in [2.24, 2.45) is 17.8 Å². The molecule has 1 aliphatic rings. The fraction of sp³-hybridized carbons (Fsp3) is 0.846. The lowest BCUT2D eigenvalue weighted by atomic mass is 9.95. The molecule has 0 spiro atoms. The summed E-state index contributed by atoms with van der Waals surface area (Å²) in [5, 5.41) is 9.05. The van der Waals surface area contributed by atoms with E-state index in [1.807, 2.05) is 18.7 Å². The number of nitriles is 1. The smallest absolute Gasteiger partial charge is 0.240 e. The normalized spacial score (nSPS) is 17.3. The van der Waals surface area contributed by atoms with Crippen molar-refractivity contribution in [1.82, 2.24) is 4.90 Å². The lowest BCUT2D eigenvalue weighted by Gasteiger charge is -2.27. The minimum Gasteiger partial charge on any atom is -0.338 e. The zero-order valence-corrected chi connectivity index (χ0v) is 10.7. The van der Waals surface area contributed by atoms with E-state index < -0.39 is 5.92 Å². The molecule has 16 heavy (non-hydrogen) atoms. The van der Waals surface area contributed by atoms with Crippen LogP contribution in [0.4, 0.5) is 0 Å². The number of amides is 1. The van der Waals surface area contributed by atoms with Gasteiger partial charge in [-0.1, -0.05) is 27.7 Å². The molecule has 90 valence electrons. The number of carbonyl (C=O) groups is 1. The molecule has 1 aliphatic carbocycles. The van der Waals surface area contributed by atoms with Crippen LogP contribution in [-0.4, -0.2) is 23.4 Å². The monoisotopic (exact) mass is 222 g/mol. The Kier molecular flexibility index (Phi) is 4.35. The molecule has 0 heterocycles. The molecule has 0 N–H and O–H groups in total. The van der Waals surface area contributed by atoms with Crippen molar-refractivity contribution in [1.29, 1.82) is 5.26 Å². The minimum absolute atomic E-state index is 0.0358. The Balaban J connectivity index is 2.70. The van der Waals surface area contributed by atoms with Gasteiger partial charge in [-0.3, -0.25) is 4.79 Å². The van der Waals surface area contributed by atoms with Gasteiger partial charge in [-0.05, 0) is 24.7 Å². The molecule has 1 amide bonds. The standard InChI is InChI=1S/C13H22N2O/c1-9(2)8-15(11-5-6-11)13(16)12(7-14)10(3)4/h9-12H,5-6,8H2,1-4H3. The van der Waals surface area contributed by atoms with Crippen molar-refractivity contribution in [3.05, 3.63) is 0 Å². The van der Waals surface area contributed by atoms with E-state index in [1.54, 1.807) is 0 Å². The van der Waals surface area contributed by atoms with E-state index in [0.717, 1.165) is 19.4 Å². The fourth-order valence-electron chi connectivity index (χ4n) is 1.87. The van der Waals surface area contributed by atoms with Gasteiger partial charge in [0.25, 0.3) is 0 Å². The van der Waals surface area contributed by atoms with Crippen LogP contribution < -0.4 is 0 Å². The molecular weight excluding hydrogens is 200 g/mol. The highest BCUT2D eigenvalue weighted by Gasteiger charge is 2.36. The maximum Gasteiger partial charge on any atom is 0.240 e.